The van der Waals surface area contributed by atoms with Gasteiger partial charge in [0.15, 0.2) is 11.5 Å². The smallest absolute Gasteiger partial charge is 0.162 e. The molecule has 0 aliphatic heterocycles. The summed E-state index contributed by atoms with van der Waals surface area (Å²) in [5.74, 6) is 0.986. The first-order chi connectivity index (χ1) is 13.1. The average Bonchev–Trinajstić information content (AvgIpc) is 2.68. The van der Waals surface area contributed by atoms with E-state index in [1.165, 1.54) is 12.1 Å². The van der Waals surface area contributed by atoms with Crippen molar-refractivity contribution in [3.63, 3.8) is 0 Å². The summed E-state index contributed by atoms with van der Waals surface area (Å²) in [5, 5.41) is 3.92. The summed E-state index contributed by atoms with van der Waals surface area (Å²) in [4.78, 5) is 0. The molecule has 0 amide bonds. The predicted molar refractivity (Wildman–Crippen MR) is 110 cm³/mol. The quantitative estimate of drug-likeness (QED) is 0.449. The van der Waals surface area contributed by atoms with E-state index >= 15 is 0 Å². The van der Waals surface area contributed by atoms with Crippen LogP contribution in [0.25, 0.3) is 0 Å². The molecule has 0 saturated heterocycles. The second kappa shape index (κ2) is 9.11. The molecule has 0 radical (unpaired) electrons. The summed E-state index contributed by atoms with van der Waals surface area (Å²) < 4.78 is 25.3. The number of ether oxygens (including phenoxy) is 2. The molecule has 0 bridgehead atoms. The first-order valence-corrected chi connectivity index (χ1v) is 9.46. The van der Waals surface area contributed by atoms with Gasteiger partial charge in [0.1, 0.15) is 12.4 Å². The van der Waals surface area contributed by atoms with Gasteiger partial charge in [-0.1, -0.05) is 45.7 Å². The maximum absolute atomic E-state index is 13.0. The molecule has 0 aromatic heterocycles. The Hall–Kier alpha value is -2.24. The summed E-state index contributed by atoms with van der Waals surface area (Å²) in [5.41, 5.74) is 2.72. The predicted octanol–water partition coefficient (Wildman–Crippen LogP) is 6.44. The van der Waals surface area contributed by atoms with Crippen LogP contribution < -0.4 is 14.8 Å². The highest BCUT2D eigenvalue weighted by Gasteiger charge is 2.11. The van der Waals surface area contributed by atoms with Crippen molar-refractivity contribution in [3.8, 4) is 11.5 Å². The second-order valence-electron chi connectivity index (χ2n) is 5.84. The van der Waals surface area contributed by atoms with Crippen molar-refractivity contribution in [2.45, 2.75) is 13.2 Å². The normalized spacial score (nSPS) is 10.5. The number of rotatable bonds is 7. The van der Waals surface area contributed by atoms with E-state index in [-0.39, 0.29) is 5.82 Å². The van der Waals surface area contributed by atoms with E-state index in [9.17, 15) is 4.39 Å². The SMILES string of the molecule is COc1cc(CNc2ccc(F)cc2)c(Br)cc1OCc1ccccc1Cl. The molecule has 0 fully saturated rings. The molecule has 0 saturated carbocycles. The highest BCUT2D eigenvalue weighted by atomic mass is 79.9. The van der Waals surface area contributed by atoms with Crippen molar-refractivity contribution in [3.05, 3.63) is 87.1 Å². The maximum atomic E-state index is 13.0. The van der Waals surface area contributed by atoms with Gasteiger partial charge in [0, 0.05) is 27.3 Å². The van der Waals surface area contributed by atoms with E-state index < -0.39 is 0 Å². The highest BCUT2D eigenvalue weighted by molar-refractivity contribution is 9.10. The summed E-state index contributed by atoms with van der Waals surface area (Å²) in [7, 11) is 1.60. The van der Waals surface area contributed by atoms with Crippen LogP contribution in [-0.2, 0) is 13.2 Å². The molecule has 1 N–H and O–H groups in total. The van der Waals surface area contributed by atoms with Crippen molar-refractivity contribution in [1.82, 2.24) is 0 Å². The maximum Gasteiger partial charge on any atom is 0.162 e. The molecular formula is C21H18BrClFNO2. The Labute approximate surface area is 171 Å². The lowest BCUT2D eigenvalue weighted by molar-refractivity contribution is 0.284. The summed E-state index contributed by atoms with van der Waals surface area (Å²) in [6, 6.07) is 17.6. The average molecular weight is 451 g/mol. The van der Waals surface area contributed by atoms with Crippen LogP contribution in [0.15, 0.2) is 65.1 Å². The van der Waals surface area contributed by atoms with Gasteiger partial charge >= 0.3 is 0 Å². The molecule has 3 nitrogen and oxygen atoms in total. The van der Waals surface area contributed by atoms with E-state index in [1.807, 2.05) is 36.4 Å². The molecule has 140 valence electrons. The fraction of sp³-hybridized carbons (Fsp3) is 0.143. The van der Waals surface area contributed by atoms with E-state index in [2.05, 4.69) is 21.2 Å². The summed E-state index contributed by atoms with van der Waals surface area (Å²) in [6.45, 7) is 0.892. The van der Waals surface area contributed by atoms with Crippen LogP contribution in [0.5, 0.6) is 11.5 Å². The van der Waals surface area contributed by atoms with Crippen molar-refractivity contribution < 1.29 is 13.9 Å². The van der Waals surface area contributed by atoms with Gasteiger partial charge in [-0.2, -0.15) is 0 Å². The largest absolute Gasteiger partial charge is 0.493 e. The van der Waals surface area contributed by atoms with Crippen molar-refractivity contribution in [1.29, 1.82) is 0 Å². The minimum Gasteiger partial charge on any atom is -0.493 e. The summed E-state index contributed by atoms with van der Waals surface area (Å²) in [6.07, 6.45) is 0. The monoisotopic (exact) mass is 449 g/mol. The fourth-order valence-electron chi connectivity index (χ4n) is 2.52. The Kier molecular flexibility index (Phi) is 6.58. The molecule has 0 atom stereocenters. The van der Waals surface area contributed by atoms with E-state index in [4.69, 9.17) is 21.1 Å². The number of hydrogen-bond donors (Lipinski definition) is 1. The van der Waals surface area contributed by atoms with Gasteiger partial charge < -0.3 is 14.8 Å². The lowest BCUT2D eigenvalue weighted by atomic mass is 10.2. The molecular weight excluding hydrogens is 433 g/mol. The van der Waals surface area contributed by atoms with E-state index in [0.717, 1.165) is 21.3 Å². The zero-order chi connectivity index (χ0) is 19.2. The van der Waals surface area contributed by atoms with E-state index in [1.54, 1.807) is 19.2 Å². The number of anilines is 1. The van der Waals surface area contributed by atoms with Crippen LogP contribution >= 0.6 is 27.5 Å². The van der Waals surface area contributed by atoms with Gasteiger partial charge in [0.05, 0.1) is 7.11 Å². The van der Waals surface area contributed by atoms with Gasteiger partial charge in [-0.15, -0.1) is 0 Å². The molecule has 0 aliphatic carbocycles. The van der Waals surface area contributed by atoms with Gasteiger partial charge in [-0.3, -0.25) is 0 Å². The zero-order valence-corrected chi connectivity index (χ0v) is 17.0. The van der Waals surface area contributed by atoms with Crippen LogP contribution in [0.1, 0.15) is 11.1 Å². The number of methoxy groups -OCH3 is 1. The molecule has 0 aliphatic rings. The molecule has 0 spiro atoms. The third kappa shape index (κ3) is 5.15. The number of hydrogen-bond acceptors (Lipinski definition) is 3. The third-order valence-corrected chi connectivity index (χ3v) is 5.11. The van der Waals surface area contributed by atoms with Crippen LogP contribution in [0.4, 0.5) is 10.1 Å². The Bertz CT molecular complexity index is 919. The lowest BCUT2D eigenvalue weighted by Crippen LogP contribution is -2.03. The van der Waals surface area contributed by atoms with Gasteiger partial charge in [0.2, 0.25) is 0 Å². The lowest BCUT2D eigenvalue weighted by Gasteiger charge is -2.15. The molecule has 3 rings (SSSR count). The van der Waals surface area contributed by atoms with Gasteiger partial charge in [0.25, 0.3) is 0 Å². The Balaban J connectivity index is 1.72. The highest BCUT2D eigenvalue weighted by Crippen LogP contribution is 2.35. The second-order valence-corrected chi connectivity index (χ2v) is 7.10. The standard InChI is InChI=1S/C21H18BrClFNO2/c1-26-20-10-15(12-25-17-8-6-16(24)7-9-17)18(22)11-21(20)27-13-14-4-2-3-5-19(14)23/h2-11,25H,12-13H2,1H3. The summed E-state index contributed by atoms with van der Waals surface area (Å²) >= 11 is 9.75. The number of halogens is 3. The zero-order valence-electron chi connectivity index (χ0n) is 14.6. The minimum absolute atomic E-state index is 0.261. The Morgan fingerprint density at radius 1 is 1.00 bits per heavy atom. The minimum atomic E-state index is -0.261. The molecule has 3 aromatic carbocycles. The first kappa shape index (κ1) is 19.5. The Morgan fingerprint density at radius 3 is 2.44 bits per heavy atom. The molecule has 0 heterocycles. The fourth-order valence-corrected chi connectivity index (χ4v) is 3.17. The van der Waals surface area contributed by atoms with Crippen LogP contribution in [0.2, 0.25) is 5.02 Å². The third-order valence-electron chi connectivity index (χ3n) is 4.00. The van der Waals surface area contributed by atoms with Crippen LogP contribution in [0.3, 0.4) is 0 Å². The number of benzene rings is 3. The van der Waals surface area contributed by atoms with Crippen molar-refractivity contribution >= 4 is 33.2 Å². The van der Waals surface area contributed by atoms with Gasteiger partial charge in [-0.25, -0.2) is 4.39 Å². The molecule has 6 heteroatoms. The van der Waals surface area contributed by atoms with Gasteiger partial charge in [-0.05, 0) is 48.0 Å². The molecule has 27 heavy (non-hydrogen) atoms. The Morgan fingerprint density at radius 2 is 1.74 bits per heavy atom. The van der Waals surface area contributed by atoms with Crippen molar-refractivity contribution in [2.24, 2.45) is 0 Å². The van der Waals surface area contributed by atoms with Crippen LogP contribution in [0, 0.1) is 5.82 Å². The topological polar surface area (TPSA) is 30.5 Å². The molecule has 0 unspecified atom stereocenters. The number of nitrogens with one attached hydrogen (secondary N) is 1. The van der Waals surface area contributed by atoms with Crippen molar-refractivity contribution in [2.75, 3.05) is 12.4 Å². The first-order valence-electron chi connectivity index (χ1n) is 8.29. The van der Waals surface area contributed by atoms with E-state index in [0.29, 0.717) is 29.7 Å². The molecule has 3 aromatic rings. The van der Waals surface area contributed by atoms with Crippen LogP contribution in [-0.4, -0.2) is 7.11 Å².